The fourth-order valence-electron chi connectivity index (χ4n) is 15.7. The van der Waals surface area contributed by atoms with E-state index in [4.69, 9.17) is 61.6 Å². The molecule has 0 unspecified atom stereocenters. The van der Waals surface area contributed by atoms with E-state index in [0.29, 0.717) is 135 Å². The lowest BCUT2D eigenvalue weighted by Gasteiger charge is -2.17. The third-order valence-corrected chi connectivity index (χ3v) is 24.6. The predicted octanol–water partition coefficient (Wildman–Crippen LogP) is 28.8. The summed E-state index contributed by atoms with van der Waals surface area (Å²) >= 11 is 4.38. The van der Waals surface area contributed by atoms with Crippen LogP contribution in [0.25, 0.3) is 0 Å². The van der Waals surface area contributed by atoms with Crippen LogP contribution in [0.1, 0.15) is 282 Å². The molecule has 1 saturated carbocycles. The Morgan fingerprint density at radius 1 is 0.248 bits per heavy atom. The van der Waals surface area contributed by atoms with Crippen molar-refractivity contribution >= 4 is 48.4 Å². The highest BCUT2D eigenvalue weighted by Gasteiger charge is 2.29. The molecule has 0 bridgehead atoms. The summed E-state index contributed by atoms with van der Waals surface area (Å²) in [4.78, 5) is 70.0. The molecule has 772 valence electrons. The molecule has 145 heavy (non-hydrogen) atoms. The van der Waals surface area contributed by atoms with E-state index in [9.17, 15) is 33.9 Å². The normalized spacial score (nSPS) is 11.0. The van der Waals surface area contributed by atoms with Crippen LogP contribution in [0, 0.1) is 48.5 Å². The Bertz CT molecular complexity index is 5930. The van der Waals surface area contributed by atoms with Gasteiger partial charge in [-0.05, 0) is 259 Å². The molecule has 0 heterocycles. The van der Waals surface area contributed by atoms with Gasteiger partial charge in [-0.3, -0.25) is 28.8 Å². The molecule has 1 fully saturated rings. The monoisotopic (exact) mass is 1990 g/mol. The zero-order valence-electron chi connectivity index (χ0n) is 89.0. The van der Waals surface area contributed by atoms with Gasteiger partial charge in [0.25, 0.3) is 0 Å². The quantitative estimate of drug-likeness (QED) is 0.0205. The van der Waals surface area contributed by atoms with Gasteiger partial charge >= 0.3 is 35.8 Å². The Labute approximate surface area is 865 Å². The van der Waals surface area contributed by atoms with Crippen molar-refractivity contribution in [2.24, 2.45) is 0 Å². The second-order valence-electron chi connectivity index (χ2n) is 35.2. The molecular formula is C124H150O20S. The van der Waals surface area contributed by atoms with Crippen LogP contribution in [0.4, 0.5) is 0 Å². The van der Waals surface area contributed by atoms with Crippen LogP contribution in [-0.2, 0) is 126 Å². The number of hydrogen-bond acceptors (Lipinski definition) is 21. The van der Waals surface area contributed by atoms with Gasteiger partial charge in [-0.2, -0.15) is 12.6 Å². The number of carbonyl (C=O) groups excluding carboxylic acids is 6. The molecule has 0 saturated heterocycles. The molecule has 0 spiro atoms. The number of ether oxygens (including phenoxy) is 13. The summed E-state index contributed by atoms with van der Waals surface area (Å²) < 4.78 is 74.7. The number of rotatable bonds is 42. The van der Waals surface area contributed by atoms with E-state index in [2.05, 4.69) is 156 Å². The van der Waals surface area contributed by atoms with Gasteiger partial charge in [-0.25, -0.2) is 0 Å². The lowest BCUT2D eigenvalue weighted by atomic mass is 10.0. The molecule has 21 heteroatoms. The molecule has 20 nitrogen and oxygen atoms in total. The Morgan fingerprint density at radius 3 is 0.772 bits per heavy atom. The molecule has 0 aromatic heterocycles. The summed E-state index contributed by atoms with van der Waals surface area (Å²) in [6, 6.07) is 70.9. The van der Waals surface area contributed by atoms with Gasteiger partial charge in [0.15, 0.2) is 0 Å². The Kier molecular flexibility index (Phi) is 49.5. The van der Waals surface area contributed by atoms with Crippen LogP contribution in [0.15, 0.2) is 218 Å². The average Bonchev–Trinajstić information content (AvgIpc) is 1.67. The van der Waals surface area contributed by atoms with Gasteiger partial charge in [0, 0.05) is 72.1 Å². The summed E-state index contributed by atoms with van der Waals surface area (Å²) in [5, 5.41) is 9.57. The second kappa shape index (κ2) is 61.5. The van der Waals surface area contributed by atoms with Crippen molar-refractivity contribution in [2.75, 3.05) is 6.61 Å². The maximum absolute atomic E-state index is 11.8. The number of thiol groups is 1. The summed E-state index contributed by atoms with van der Waals surface area (Å²) in [5.74, 6) is 8.81. The fraction of sp³-hybridized carbons (Fsp3) is 0.371. The second-order valence-corrected chi connectivity index (χ2v) is 35.5. The molecule has 13 rings (SSSR count). The van der Waals surface area contributed by atoms with Crippen molar-refractivity contribution in [3.8, 4) is 74.7 Å². The maximum atomic E-state index is 11.8. The van der Waals surface area contributed by atoms with Crippen molar-refractivity contribution < 1.29 is 95.5 Å². The SMILES string of the molecule is CCC(=O)Oc1cccc(C)c1COc1ccc(C)cc1CC.CCC(=O)Oc1cccc(C2CC2)c1COc1ccc(C)cc1CC.CCC(=O)Oc1cccc(CC)c1COc1ccc(C)cc1CC.CCC(=O)Oc1cccc(CO)c1COc1ccc(C)cc1CC.CCC(=O)Oc1cccc(CS)c1COc1ccc(C)cc1CC.CCOc1cccc(OC(=O)CC)c1COc1ccc(C)cc1CC. The van der Waals surface area contributed by atoms with E-state index in [0.717, 1.165) is 135 Å². The van der Waals surface area contributed by atoms with Gasteiger partial charge in [0.2, 0.25) is 0 Å². The van der Waals surface area contributed by atoms with Crippen LogP contribution in [-0.4, -0.2) is 47.5 Å². The van der Waals surface area contributed by atoms with E-state index >= 15 is 0 Å². The Morgan fingerprint density at radius 2 is 0.483 bits per heavy atom. The Balaban J connectivity index is 0.000000212. The van der Waals surface area contributed by atoms with E-state index in [1.54, 1.807) is 65.0 Å². The molecule has 1 N–H and O–H groups in total. The maximum Gasteiger partial charge on any atom is 0.310 e. The first-order valence-corrected chi connectivity index (χ1v) is 51.7. The van der Waals surface area contributed by atoms with Crippen molar-refractivity contribution in [1.29, 1.82) is 0 Å². The topological polar surface area (TPSA) is 243 Å². The largest absolute Gasteiger partial charge is 0.493 e. The van der Waals surface area contributed by atoms with Gasteiger partial charge in [-0.1, -0.05) is 263 Å². The smallest absolute Gasteiger partial charge is 0.310 e. The van der Waals surface area contributed by atoms with Gasteiger partial charge in [0.05, 0.1) is 18.8 Å². The lowest BCUT2D eigenvalue weighted by Crippen LogP contribution is -2.10. The summed E-state index contributed by atoms with van der Waals surface area (Å²) in [6.07, 6.45) is 10.7. The standard InChI is InChI=1S/C22H26O3.C21H26O4.C21H26O3.C20H24O4.C20H24O3S.C20H24O3/c1-4-16-13-15(3)9-12-20(16)24-14-19-18(17-10-11-17)7-6-8-21(19)25-22(23)5-2;1-5-16-13-15(4)11-12-18(16)24-14-17-19(23-7-3)9-8-10-20(17)25-21(22)6-2;1-5-16-9-8-10-20(24-21(22)7-3)18(16)14-23-19-12-11-15(4)13-17(19)6-2;1-4-15-11-14(3)9-10-18(15)23-13-17-16(12-21)7-6-8-19(17)24-20(22)5-2;1-4-15-11-14(3)9-10-18(15)22-12-17-16(13-24)7-6-8-19(17)23-20(21)5-2;1-5-16-12-14(3)10-11-18(16)22-13-17-15(4)8-7-9-19(17)23-20(21)6-2/h6-9,12-13,17H,4-5,10-11,14H2,1-3H3;8-13H,5-7,14H2,1-4H3;8-13H,5-7,14H2,1-4H3;6-11,21H,4-5,12-13H2,1-3H3;6-11,24H,4-5,12-13H2,1-3H3;7-12H,5-6,13H2,1-4H3. The fourth-order valence-corrected chi connectivity index (χ4v) is 16.0. The molecule has 1 aliphatic carbocycles. The van der Waals surface area contributed by atoms with Crippen LogP contribution in [0.5, 0.6) is 74.7 Å². The minimum Gasteiger partial charge on any atom is -0.493 e. The van der Waals surface area contributed by atoms with Crippen LogP contribution >= 0.6 is 12.6 Å². The van der Waals surface area contributed by atoms with Crippen molar-refractivity contribution in [3.63, 3.8) is 0 Å². The Hall–Kier alpha value is -13.6. The highest BCUT2D eigenvalue weighted by Crippen LogP contribution is 2.45. The minimum absolute atomic E-state index is 0.134. The van der Waals surface area contributed by atoms with E-state index < -0.39 is 0 Å². The molecule has 12 aromatic carbocycles. The molecule has 0 radical (unpaired) electrons. The van der Waals surface area contributed by atoms with E-state index in [-0.39, 0.29) is 55.6 Å². The first-order chi connectivity index (χ1) is 70.0. The number of benzene rings is 12. The molecular weight excluding hydrogens is 1840 g/mol. The number of esters is 6. The third kappa shape index (κ3) is 36.6. The molecule has 0 amide bonds. The van der Waals surface area contributed by atoms with E-state index in [1.807, 2.05) is 155 Å². The predicted molar refractivity (Wildman–Crippen MR) is 579 cm³/mol. The summed E-state index contributed by atoms with van der Waals surface area (Å²) in [6.45, 7) is 44.2. The summed E-state index contributed by atoms with van der Waals surface area (Å²) in [5.41, 5.74) is 24.7. The van der Waals surface area contributed by atoms with Crippen molar-refractivity contribution in [2.45, 2.75) is 300 Å². The van der Waals surface area contributed by atoms with Crippen LogP contribution < -0.4 is 61.6 Å². The zero-order chi connectivity index (χ0) is 105. The molecule has 12 aromatic rings. The zero-order valence-corrected chi connectivity index (χ0v) is 89.9. The molecule has 1 aliphatic rings. The van der Waals surface area contributed by atoms with Gasteiger partial charge < -0.3 is 66.7 Å². The molecule has 0 aliphatic heterocycles. The average molecular weight is 1990 g/mol. The number of aliphatic hydroxyl groups excluding tert-OH is 1. The third-order valence-electron chi connectivity index (χ3n) is 24.2. The van der Waals surface area contributed by atoms with Gasteiger partial charge in [0.1, 0.15) is 114 Å². The molecule has 0 atom stereocenters. The number of carbonyl (C=O) groups is 6. The first kappa shape index (κ1) is 117. The number of aliphatic hydroxyl groups is 1. The van der Waals surface area contributed by atoms with Gasteiger partial charge in [-0.15, -0.1) is 0 Å². The van der Waals surface area contributed by atoms with Crippen molar-refractivity contribution in [1.82, 2.24) is 0 Å². The van der Waals surface area contributed by atoms with E-state index in [1.165, 1.54) is 74.0 Å². The number of hydrogen-bond donors (Lipinski definition) is 2. The first-order valence-electron chi connectivity index (χ1n) is 51.1. The van der Waals surface area contributed by atoms with Crippen LogP contribution in [0.2, 0.25) is 0 Å². The highest BCUT2D eigenvalue weighted by atomic mass is 32.1. The minimum atomic E-state index is -0.309. The van der Waals surface area contributed by atoms with Crippen molar-refractivity contribution in [3.05, 3.63) is 346 Å². The lowest BCUT2D eigenvalue weighted by molar-refractivity contribution is -0.135. The number of aryl methyl sites for hydroxylation is 14. The highest BCUT2D eigenvalue weighted by molar-refractivity contribution is 7.79. The van der Waals surface area contributed by atoms with Crippen LogP contribution in [0.3, 0.4) is 0 Å². The summed E-state index contributed by atoms with van der Waals surface area (Å²) in [7, 11) is 0.